The Bertz CT molecular complexity index is 1000. The molecule has 2 aromatic carbocycles. The lowest BCUT2D eigenvalue weighted by atomic mass is 10.1. The first-order valence-electron chi connectivity index (χ1n) is 8.40. The SMILES string of the molecule is CCOc1cc(/C=C(\C#N)C(=O)Nc2cccc(Cl)c2)cc(Br)c1OCC(N)=O. The Kier molecular flexibility index (Phi) is 8.07. The zero-order chi connectivity index (χ0) is 21.4. The quantitative estimate of drug-likeness (QED) is 0.441. The van der Waals surface area contributed by atoms with Crippen LogP contribution in [0.15, 0.2) is 46.4 Å². The van der Waals surface area contributed by atoms with Crippen molar-refractivity contribution >= 4 is 51.1 Å². The van der Waals surface area contributed by atoms with E-state index < -0.39 is 11.8 Å². The minimum Gasteiger partial charge on any atom is -0.490 e. The van der Waals surface area contributed by atoms with Gasteiger partial charge in [-0.25, -0.2) is 0 Å². The highest BCUT2D eigenvalue weighted by Gasteiger charge is 2.15. The van der Waals surface area contributed by atoms with Gasteiger partial charge in [-0.15, -0.1) is 0 Å². The van der Waals surface area contributed by atoms with Crippen LogP contribution in [0.25, 0.3) is 6.08 Å². The molecule has 29 heavy (non-hydrogen) atoms. The molecule has 0 unspecified atom stereocenters. The fourth-order valence-corrected chi connectivity index (χ4v) is 3.06. The molecule has 0 atom stereocenters. The van der Waals surface area contributed by atoms with E-state index in [0.29, 0.717) is 38.9 Å². The molecule has 0 aliphatic heterocycles. The van der Waals surface area contributed by atoms with Crippen molar-refractivity contribution in [1.29, 1.82) is 5.26 Å². The number of rotatable bonds is 8. The van der Waals surface area contributed by atoms with E-state index in [1.807, 2.05) is 6.07 Å². The number of carbonyl (C=O) groups excluding carboxylic acids is 2. The van der Waals surface area contributed by atoms with E-state index >= 15 is 0 Å². The Morgan fingerprint density at radius 2 is 2.07 bits per heavy atom. The summed E-state index contributed by atoms with van der Waals surface area (Å²) in [6.45, 7) is 1.81. The van der Waals surface area contributed by atoms with Crippen molar-refractivity contribution in [2.24, 2.45) is 5.73 Å². The van der Waals surface area contributed by atoms with E-state index in [0.717, 1.165) is 0 Å². The smallest absolute Gasteiger partial charge is 0.266 e. The predicted molar refractivity (Wildman–Crippen MR) is 114 cm³/mol. The van der Waals surface area contributed by atoms with Gasteiger partial charge in [-0.05, 0) is 64.8 Å². The number of benzene rings is 2. The van der Waals surface area contributed by atoms with Gasteiger partial charge in [-0.1, -0.05) is 17.7 Å². The average Bonchev–Trinajstić information content (AvgIpc) is 2.65. The molecule has 150 valence electrons. The highest BCUT2D eigenvalue weighted by Crippen LogP contribution is 2.37. The summed E-state index contributed by atoms with van der Waals surface area (Å²) >= 11 is 9.25. The number of anilines is 1. The number of amides is 2. The Balaban J connectivity index is 2.33. The van der Waals surface area contributed by atoms with E-state index in [2.05, 4.69) is 21.2 Å². The molecule has 7 nitrogen and oxygen atoms in total. The predicted octanol–water partition coefficient (Wildman–Crippen LogP) is 3.91. The summed E-state index contributed by atoms with van der Waals surface area (Å²) in [7, 11) is 0. The van der Waals surface area contributed by atoms with Crippen LogP contribution in [-0.2, 0) is 9.59 Å². The lowest BCUT2D eigenvalue weighted by molar-refractivity contribution is -0.120. The van der Waals surface area contributed by atoms with Crippen molar-refractivity contribution in [3.63, 3.8) is 0 Å². The number of carbonyl (C=O) groups is 2. The van der Waals surface area contributed by atoms with Crippen LogP contribution in [0.2, 0.25) is 5.02 Å². The first-order chi connectivity index (χ1) is 13.8. The van der Waals surface area contributed by atoms with Crippen molar-refractivity contribution in [2.75, 3.05) is 18.5 Å². The van der Waals surface area contributed by atoms with Crippen LogP contribution in [0, 0.1) is 11.3 Å². The van der Waals surface area contributed by atoms with Crippen LogP contribution < -0.4 is 20.5 Å². The molecule has 0 aromatic heterocycles. The molecule has 0 bridgehead atoms. The van der Waals surface area contributed by atoms with Gasteiger partial charge < -0.3 is 20.5 Å². The van der Waals surface area contributed by atoms with E-state index in [4.69, 9.17) is 26.8 Å². The Labute approximate surface area is 181 Å². The molecule has 9 heteroatoms. The fourth-order valence-electron chi connectivity index (χ4n) is 2.30. The van der Waals surface area contributed by atoms with Gasteiger partial charge in [-0.3, -0.25) is 9.59 Å². The molecule has 2 amide bonds. The Morgan fingerprint density at radius 3 is 2.69 bits per heavy atom. The number of nitriles is 1. The highest BCUT2D eigenvalue weighted by molar-refractivity contribution is 9.10. The molecule has 0 heterocycles. The van der Waals surface area contributed by atoms with Crippen LogP contribution in [0.5, 0.6) is 11.5 Å². The minimum absolute atomic E-state index is 0.120. The number of nitrogens with two attached hydrogens (primary N) is 1. The molecule has 3 N–H and O–H groups in total. The largest absolute Gasteiger partial charge is 0.490 e. The molecule has 2 aromatic rings. The van der Waals surface area contributed by atoms with Crippen LogP contribution >= 0.6 is 27.5 Å². The monoisotopic (exact) mass is 477 g/mol. The Hall–Kier alpha value is -3.02. The van der Waals surface area contributed by atoms with Crippen molar-refractivity contribution < 1.29 is 19.1 Å². The van der Waals surface area contributed by atoms with Gasteiger partial charge in [0.15, 0.2) is 18.1 Å². The lowest BCUT2D eigenvalue weighted by Gasteiger charge is -2.14. The zero-order valence-electron chi connectivity index (χ0n) is 15.4. The normalized spacial score (nSPS) is 10.8. The molecule has 0 saturated heterocycles. The van der Waals surface area contributed by atoms with Crippen molar-refractivity contribution in [3.8, 4) is 17.6 Å². The van der Waals surface area contributed by atoms with Crippen LogP contribution in [0.4, 0.5) is 5.69 Å². The maximum atomic E-state index is 12.4. The van der Waals surface area contributed by atoms with E-state index in [9.17, 15) is 14.9 Å². The van der Waals surface area contributed by atoms with E-state index in [-0.39, 0.29) is 12.2 Å². The molecule has 0 fully saturated rings. The molecule has 0 aliphatic carbocycles. The number of ether oxygens (including phenoxy) is 2. The van der Waals surface area contributed by atoms with Gasteiger partial charge in [0.2, 0.25) is 0 Å². The van der Waals surface area contributed by atoms with Gasteiger partial charge >= 0.3 is 0 Å². The number of halogens is 2. The molecule has 0 aliphatic rings. The van der Waals surface area contributed by atoms with Gasteiger partial charge in [-0.2, -0.15) is 5.26 Å². The molecule has 0 spiro atoms. The van der Waals surface area contributed by atoms with Gasteiger partial charge in [0.1, 0.15) is 11.6 Å². The van der Waals surface area contributed by atoms with Gasteiger partial charge in [0.05, 0.1) is 11.1 Å². The average molecular weight is 479 g/mol. The number of hydrogen-bond acceptors (Lipinski definition) is 5. The third kappa shape index (κ3) is 6.52. The zero-order valence-corrected chi connectivity index (χ0v) is 17.7. The fraction of sp³-hybridized carbons (Fsp3) is 0.150. The Morgan fingerprint density at radius 1 is 1.31 bits per heavy atom. The van der Waals surface area contributed by atoms with Crippen LogP contribution in [-0.4, -0.2) is 25.0 Å². The first-order valence-corrected chi connectivity index (χ1v) is 9.57. The molecular formula is C20H17BrClN3O4. The lowest BCUT2D eigenvalue weighted by Crippen LogP contribution is -2.20. The highest BCUT2D eigenvalue weighted by atomic mass is 79.9. The summed E-state index contributed by atoms with van der Waals surface area (Å²) < 4.78 is 11.4. The van der Waals surface area contributed by atoms with Gasteiger partial charge in [0.25, 0.3) is 11.8 Å². The molecule has 0 radical (unpaired) electrons. The number of nitrogens with zero attached hydrogens (tertiary/aromatic N) is 1. The second kappa shape index (κ2) is 10.5. The van der Waals surface area contributed by atoms with E-state index in [1.165, 1.54) is 6.08 Å². The summed E-state index contributed by atoms with van der Waals surface area (Å²) in [6.07, 6.45) is 1.41. The maximum absolute atomic E-state index is 12.4. The first kappa shape index (κ1) is 22.3. The third-order valence-electron chi connectivity index (χ3n) is 3.45. The summed E-state index contributed by atoms with van der Waals surface area (Å²) in [4.78, 5) is 23.4. The summed E-state index contributed by atoms with van der Waals surface area (Å²) in [5, 5.41) is 12.5. The topological polar surface area (TPSA) is 114 Å². The van der Waals surface area contributed by atoms with Crippen molar-refractivity contribution in [2.45, 2.75) is 6.92 Å². The number of nitrogens with one attached hydrogen (secondary N) is 1. The second-order valence-electron chi connectivity index (χ2n) is 5.65. The third-order valence-corrected chi connectivity index (χ3v) is 4.27. The van der Waals surface area contributed by atoms with Gasteiger partial charge in [0, 0.05) is 10.7 Å². The number of primary amides is 1. The summed E-state index contributed by atoms with van der Waals surface area (Å²) in [6, 6.07) is 11.7. The summed E-state index contributed by atoms with van der Waals surface area (Å²) in [5.41, 5.74) is 5.98. The molecule has 0 saturated carbocycles. The minimum atomic E-state index is -0.632. The maximum Gasteiger partial charge on any atom is 0.266 e. The van der Waals surface area contributed by atoms with Crippen LogP contribution in [0.1, 0.15) is 12.5 Å². The van der Waals surface area contributed by atoms with Crippen LogP contribution in [0.3, 0.4) is 0 Å². The van der Waals surface area contributed by atoms with Crippen molar-refractivity contribution in [1.82, 2.24) is 0 Å². The number of hydrogen-bond donors (Lipinski definition) is 2. The standard InChI is InChI=1S/C20H17BrClN3O4/c1-2-28-17-8-12(7-16(21)19(17)29-11-18(24)26)6-13(10-23)20(27)25-15-5-3-4-14(22)9-15/h3-9H,2,11H2,1H3,(H2,24,26)(H,25,27)/b13-6+. The summed E-state index contributed by atoms with van der Waals surface area (Å²) in [5.74, 6) is -0.586. The molecule has 2 rings (SSSR count). The van der Waals surface area contributed by atoms with E-state index in [1.54, 1.807) is 43.3 Å². The second-order valence-corrected chi connectivity index (χ2v) is 6.94. The molecular weight excluding hydrogens is 462 g/mol. The van der Waals surface area contributed by atoms with Crippen molar-refractivity contribution in [3.05, 3.63) is 57.0 Å².